The van der Waals surface area contributed by atoms with Crippen LogP contribution in [0.2, 0.25) is 5.02 Å². The Bertz CT molecular complexity index is 866. The van der Waals surface area contributed by atoms with Crippen LogP contribution in [0.25, 0.3) is 0 Å². The van der Waals surface area contributed by atoms with Gasteiger partial charge in [0.15, 0.2) is 0 Å². The van der Waals surface area contributed by atoms with E-state index >= 15 is 0 Å². The molecular formula is C24H25ClN2O. The molecule has 0 aromatic heterocycles. The number of amides is 1. The SMILES string of the molecule is CC(NC(=O)CNc1ccc(Cl)cc1)C(Cc1ccccc1)c1ccccc1. The number of carbonyl (C=O) groups excluding carboxylic acids is 1. The highest BCUT2D eigenvalue weighted by molar-refractivity contribution is 6.30. The van der Waals surface area contributed by atoms with E-state index in [1.807, 2.05) is 36.4 Å². The fourth-order valence-electron chi connectivity index (χ4n) is 3.31. The first kappa shape index (κ1) is 20.0. The second-order valence-electron chi connectivity index (χ2n) is 6.92. The van der Waals surface area contributed by atoms with E-state index in [0.717, 1.165) is 12.1 Å². The second-order valence-corrected chi connectivity index (χ2v) is 7.36. The summed E-state index contributed by atoms with van der Waals surface area (Å²) in [7, 11) is 0. The van der Waals surface area contributed by atoms with Crippen LogP contribution in [0.5, 0.6) is 0 Å². The number of hydrogen-bond acceptors (Lipinski definition) is 2. The van der Waals surface area contributed by atoms with Gasteiger partial charge in [0.2, 0.25) is 5.91 Å². The first-order chi connectivity index (χ1) is 13.6. The van der Waals surface area contributed by atoms with Crippen LogP contribution >= 0.6 is 11.6 Å². The molecule has 28 heavy (non-hydrogen) atoms. The van der Waals surface area contributed by atoms with Gasteiger partial charge in [-0.1, -0.05) is 72.3 Å². The number of hydrogen-bond donors (Lipinski definition) is 2. The molecule has 0 aliphatic rings. The maximum absolute atomic E-state index is 12.5. The van der Waals surface area contributed by atoms with Crippen LogP contribution in [0.3, 0.4) is 0 Å². The number of benzene rings is 3. The third kappa shape index (κ3) is 5.86. The largest absolute Gasteiger partial charge is 0.376 e. The van der Waals surface area contributed by atoms with Crippen molar-refractivity contribution in [3.63, 3.8) is 0 Å². The van der Waals surface area contributed by atoms with Crippen LogP contribution in [0.1, 0.15) is 24.0 Å². The smallest absolute Gasteiger partial charge is 0.239 e. The van der Waals surface area contributed by atoms with Crippen molar-refractivity contribution < 1.29 is 4.79 Å². The molecule has 0 radical (unpaired) electrons. The summed E-state index contributed by atoms with van der Waals surface area (Å²) in [4.78, 5) is 12.5. The van der Waals surface area contributed by atoms with Crippen LogP contribution < -0.4 is 10.6 Å². The highest BCUT2D eigenvalue weighted by atomic mass is 35.5. The Hall–Kier alpha value is -2.78. The average molecular weight is 393 g/mol. The topological polar surface area (TPSA) is 41.1 Å². The van der Waals surface area contributed by atoms with E-state index in [1.54, 1.807) is 12.1 Å². The van der Waals surface area contributed by atoms with Crippen molar-refractivity contribution in [2.24, 2.45) is 0 Å². The first-order valence-corrected chi connectivity index (χ1v) is 9.87. The summed E-state index contributed by atoms with van der Waals surface area (Å²) in [6.45, 7) is 2.29. The van der Waals surface area contributed by atoms with Gasteiger partial charge in [0, 0.05) is 22.7 Å². The molecule has 0 spiro atoms. The van der Waals surface area contributed by atoms with Gasteiger partial charge in [-0.15, -0.1) is 0 Å². The molecule has 2 atom stereocenters. The number of halogens is 1. The van der Waals surface area contributed by atoms with Gasteiger partial charge in [-0.2, -0.15) is 0 Å². The number of nitrogens with one attached hydrogen (secondary N) is 2. The Morgan fingerprint density at radius 1 is 0.893 bits per heavy atom. The quantitative estimate of drug-likeness (QED) is 0.547. The molecular weight excluding hydrogens is 368 g/mol. The molecule has 0 fully saturated rings. The lowest BCUT2D eigenvalue weighted by molar-refractivity contribution is -0.120. The normalized spacial score (nSPS) is 12.8. The lowest BCUT2D eigenvalue weighted by atomic mass is 9.86. The maximum atomic E-state index is 12.5. The Balaban J connectivity index is 1.64. The standard InChI is InChI=1S/C24H25ClN2O/c1-18(27-24(28)17-26-22-14-12-21(25)13-15-22)23(20-10-6-3-7-11-20)16-19-8-4-2-5-9-19/h2-15,18,23,26H,16-17H2,1H3,(H,27,28). The maximum Gasteiger partial charge on any atom is 0.239 e. The lowest BCUT2D eigenvalue weighted by Crippen LogP contribution is -2.40. The first-order valence-electron chi connectivity index (χ1n) is 9.49. The monoisotopic (exact) mass is 392 g/mol. The molecule has 3 rings (SSSR count). The van der Waals surface area contributed by atoms with Gasteiger partial charge in [0.1, 0.15) is 0 Å². The minimum absolute atomic E-state index is 0.00197. The predicted octanol–water partition coefficient (Wildman–Crippen LogP) is 5.28. The molecule has 4 heteroatoms. The van der Waals surface area contributed by atoms with E-state index in [2.05, 4.69) is 54.0 Å². The van der Waals surface area contributed by atoms with Crippen LogP contribution in [0.4, 0.5) is 5.69 Å². The molecule has 3 nitrogen and oxygen atoms in total. The van der Waals surface area contributed by atoms with Gasteiger partial charge >= 0.3 is 0 Å². The van der Waals surface area contributed by atoms with Gasteiger partial charge in [-0.25, -0.2) is 0 Å². The molecule has 2 N–H and O–H groups in total. The van der Waals surface area contributed by atoms with Gasteiger partial charge < -0.3 is 10.6 Å². The number of anilines is 1. The van der Waals surface area contributed by atoms with E-state index in [-0.39, 0.29) is 24.4 Å². The fraction of sp³-hybridized carbons (Fsp3) is 0.208. The summed E-state index contributed by atoms with van der Waals surface area (Å²) >= 11 is 5.90. The Morgan fingerprint density at radius 2 is 1.50 bits per heavy atom. The summed E-state index contributed by atoms with van der Waals surface area (Å²) in [5.74, 6) is 0.166. The van der Waals surface area contributed by atoms with Gasteiger partial charge in [0.05, 0.1) is 6.54 Å². The highest BCUT2D eigenvalue weighted by Crippen LogP contribution is 2.24. The Labute approximate surface area is 171 Å². The summed E-state index contributed by atoms with van der Waals surface area (Å²) in [6, 6.07) is 28.1. The van der Waals surface area contributed by atoms with E-state index in [9.17, 15) is 4.79 Å². The second kappa shape index (κ2) is 9.95. The molecule has 0 saturated heterocycles. The van der Waals surface area contributed by atoms with Crippen molar-refractivity contribution in [2.75, 3.05) is 11.9 Å². The molecule has 0 bridgehead atoms. The number of carbonyl (C=O) groups is 1. The van der Waals surface area contributed by atoms with Gasteiger partial charge in [-0.3, -0.25) is 4.79 Å². The molecule has 1 amide bonds. The van der Waals surface area contributed by atoms with E-state index in [4.69, 9.17) is 11.6 Å². The van der Waals surface area contributed by atoms with E-state index in [1.165, 1.54) is 11.1 Å². The van der Waals surface area contributed by atoms with Crippen LogP contribution in [0, 0.1) is 0 Å². The van der Waals surface area contributed by atoms with E-state index < -0.39 is 0 Å². The summed E-state index contributed by atoms with van der Waals surface area (Å²) in [5, 5.41) is 6.96. The molecule has 0 heterocycles. The molecule has 2 unspecified atom stereocenters. The zero-order chi connectivity index (χ0) is 19.8. The lowest BCUT2D eigenvalue weighted by Gasteiger charge is -2.26. The summed E-state index contributed by atoms with van der Waals surface area (Å²) < 4.78 is 0. The Morgan fingerprint density at radius 3 is 2.14 bits per heavy atom. The van der Waals surface area contributed by atoms with Gasteiger partial charge in [-0.05, 0) is 48.7 Å². The van der Waals surface area contributed by atoms with Crippen molar-refractivity contribution in [1.29, 1.82) is 0 Å². The van der Waals surface area contributed by atoms with Crippen LogP contribution in [-0.4, -0.2) is 18.5 Å². The Kier molecular flexibility index (Phi) is 7.10. The molecule has 0 saturated carbocycles. The highest BCUT2D eigenvalue weighted by Gasteiger charge is 2.21. The predicted molar refractivity (Wildman–Crippen MR) is 117 cm³/mol. The minimum Gasteiger partial charge on any atom is -0.376 e. The van der Waals surface area contributed by atoms with Gasteiger partial charge in [0.25, 0.3) is 0 Å². The summed E-state index contributed by atoms with van der Waals surface area (Å²) in [5.41, 5.74) is 3.36. The van der Waals surface area contributed by atoms with E-state index in [0.29, 0.717) is 5.02 Å². The van der Waals surface area contributed by atoms with Crippen LogP contribution in [0.15, 0.2) is 84.9 Å². The number of rotatable bonds is 8. The molecule has 0 aliphatic carbocycles. The molecule has 3 aromatic rings. The van der Waals surface area contributed by atoms with Crippen molar-refractivity contribution in [2.45, 2.75) is 25.3 Å². The molecule has 3 aromatic carbocycles. The minimum atomic E-state index is -0.0311. The zero-order valence-electron chi connectivity index (χ0n) is 15.9. The molecule has 0 aliphatic heterocycles. The fourth-order valence-corrected chi connectivity index (χ4v) is 3.43. The van der Waals surface area contributed by atoms with Crippen molar-refractivity contribution in [3.8, 4) is 0 Å². The van der Waals surface area contributed by atoms with Crippen molar-refractivity contribution in [3.05, 3.63) is 101 Å². The average Bonchev–Trinajstić information content (AvgIpc) is 2.73. The van der Waals surface area contributed by atoms with Crippen LogP contribution in [-0.2, 0) is 11.2 Å². The molecule has 144 valence electrons. The van der Waals surface area contributed by atoms with Crippen molar-refractivity contribution >= 4 is 23.2 Å². The summed E-state index contributed by atoms with van der Waals surface area (Å²) in [6.07, 6.45) is 0.872. The zero-order valence-corrected chi connectivity index (χ0v) is 16.7. The third-order valence-electron chi connectivity index (χ3n) is 4.82. The van der Waals surface area contributed by atoms with Crippen molar-refractivity contribution in [1.82, 2.24) is 5.32 Å². The third-order valence-corrected chi connectivity index (χ3v) is 5.07.